The second-order valence-corrected chi connectivity index (χ2v) is 7.41. The standard InChI is InChI=1S/C22H23N3O4/c1-29-19-5-3-2-4-18(19)25-13-15(12-20(25)26)22(28)24-17-10-8-16(9-11-17)23-21(27)14-6-7-14/h2-5,8-11,14-15H,6-7,12-13H2,1H3,(H,23,27)(H,24,28). The van der Waals surface area contributed by atoms with Crippen molar-refractivity contribution in [2.75, 3.05) is 29.2 Å². The summed E-state index contributed by atoms with van der Waals surface area (Å²) < 4.78 is 5.33. The van der Waals surface area contributed by atoms with Crippen molar-refractivity contribution < 1.29 is 19.1 Å². The lowest BCUT2D eigenvalue weighted by atomic mass is 10.1. The van der Waals surface area contributed by atoms with Gasteiger partial charge in [0.15, 0.2) is 0 Å². The van der Waals surface area contributed by atoms with E-state index in [9.17, 15) is 14.4 Å². The number of nitrogens with zero attached hydrogens (tertiary/aromatic N) is 1. The first-order chi connectivity index (χ1) is 14.0. The van der Waals surface area contributed by atoms with E-state index in [4.69, 9.17) is 4.74 Å². The van der Waals surface area contributed by atoms with Crippen LogP contribution in [0.2, 0.25) is 0 Å². The number of benzene rings is 2. The van der Waals surface area contributed by atoms with E-state index >= 15 is 0 Å². The van der Waals surface area contributed by atoms with Gasteiger partial charge in [0.2, 0.25) is 17.7 Å². The first-order valence-electron chi connectivity index (χ1n) is 9.70. The fourth-order valence-electron chi connectivity index (χ4n) is 3.44. The Morgan fingerprint density at radius 2 is 1.52 bits per heavy atom. The zero-order valence-corrected chi connectivity index (χ0v) is 16.2. The summed E-state index contributed by atoms with van der Waals surface area (Å²) in [5, 5.41) is 5.72. The molecular formula is C22H23N3O4. The summed E-state index contributed by atoms with van der Waals surface area (Å²) in [7, 11) is 1.56. The van der Waals surface area contributed by atoms with Crippen LogP contribution < -0.4 is 20.3 Å². The van der Waals surface area contributed by atoms with Gasteiger partial charge in [0, 0.05) is 30.3 Å². The molecule has 2 N–H and O–H groups in total. The SMILES string of the molecule is COc1ccccc1N1CC(C(=O)Nc2ccc(NC(=O)C3CC3)cc2)CC1=O. The van der Waals surface area contributed by atoms with Crippen molar-refractivity contribution in [1.82, 2.24) is 0 Å². The molecule has 2 fully saturated rings. The van der Waals surface area contributed by atoms with E-state index in [0.29, 0.717) is 29.4 Å². The van der Waals surface area contributed by atoms with E-state index in [-0.39, 0.29) is 30.1 Å². The molecule has 1 saturated carbocycles. The van der Waals surface area contributed by atoms with E-state index < -0.39 is 5.92 Å². The maximum absolute atomic E-state index is 12.7. The minimum atomic E-state index is -0.443. The molecule has 2 aromatic carbocycles. The summed E-state index contributed by atoms with van der Waals surface area (Å²) in [4.78, 5) is 38.5. The molecule has 2 aliphatic rings. The van der Waals surface area contributed by atoms with Gasteiger partial charge >= 0.3 is 0 Å². The quantitative estimate of drug-likeness (QED) is 0.790. The molecule has 0 aromatic heterocycles. The van der Waals surface area contributed by atoms with Gasteiger partial charge in [-0.25, -0.2) is 0 Å². The maximum atomic E-state index is 12.7. The van der Waals surface area contributed by atoms with Crippen LogP contribution in [0.1, 0.15) is 19.3 Å². The third-order valence-corrected chi connectivity index (χ3v) is 5.24. The van der Waals surface area contributed by atoms with Gasteiger partial charge < -0.3 is 20.3 Å². The van der Waals surface area contributed by atoms with Gasteiger partial charge in [-0.1, -0.05) is 12.1 Å². The molecule has 1 heterocycles. The van der Waals surface area contributed by atoms with Crippen molar-refractivity contribution in [2.45, 2.75) is 19.3 Å². The van der Waals surface area contributed by atoms with Crippen molar-refractivity contribution in [3.63, 3.8) is 0 Å². The predicted octanol–water partition coefficient (Wildman–Crippen LogP) is 3.04. The Morgan fingerprint density at radius 3 is 2.10 bits per heavy atom. The molecule has 2 aromatic rings. The fraction of sp³-hybridized carbons (Fsp3) is 0.318. The molecule has 4 rings (SSSR count). The van der Waals surface area contributed by atoms with Crippen LogP contribution in [0.25, 0.3) is 0 Å². The second kappa shape index (κ2) is 7.95. The molecule has 7 nitrogen and oxygen atoms in total. The molecule has 0 bridgehead atoms. The van der Waals surface area contributed by atoms with Crippen molar-refractivity contribution in [3.8, 4) is 5.75 Å². The highest BCUT2D eigenvalue weighted by molar-refractivity contribution is 6.04. The van der Waals surface area contributed by atoms with Gasteiger partial charge in [-0.3, -0.25) is 14.4 Å². The Labute approximate surface area is 169 Å². The number of methoxy groups -OCH3 is 1. The summed E-state index contributed by atoms with van der Waals surface area (Å²) in [6.07, 6.45) is 2.05. The van der Waals surface area contributed by atoms with E-state index in [1.165, 1.54) is 0 Å². The van der Waals surface area contributed by atoms with Gasteiger partial charge in [-0.15, -0.1) is 0 Å². The number of amides is 3. The molecule has 150 valence electrons. The zero-order valence-electron chi connectivity index (χ0n) is 16.2. The first kappa shape index (κ1) is 19.0. The summed E-state index contributed by atoms with van der Waals surface area (Å²) in [5.74, 6) is 0.0360. The number of hydrogen-bond acceptors (Lipinski definition) is 4. The highest BCUT2D eigenvalue weighted by atomic mass is 16.5. The second-order valence-electron chi connectivity index (χ2n) is 7.41. The Bertz CT molecular complexity index is 937. The largest absolute Gasteiger partial charge is 0.495 e. The number of para-hydroxylation sites is 2. The first-order valence-corrected chi connectivity index (χ1v) is 9.70. The highest BCUT2D eigenvalue weighted by Crippen LogP contribution is 2.33. The van der Waals surface area contributed by atoms with Crippen LogP contribution in [0, 0.1) is 11.8 Å². The Kier molecular flexibility index (Phi) is 5.20. The fourth-order valence-corrected chi connectivity index (χ4v) is 3.44. The molecular weight excluding hydrogens is 370 g/mol. The van der Waals surface area contributed by atoms with Crippen molar-refractivity contribution in [1.29, 1.82) is 0 Å². The van der Waals surface area contributed by atoms with Gasteiger partial charge in [0.1, 0.15) is 5.75 Å². The molecule has 0 spiro atoms. The smallest absolute Gasteiger partial charge is 0.229 e. The number of ether oxygens (including phenoxy) is 1. The summed E-state index contributed by atoms with van der Waals surface area (Å²) in [6.45, 7) is 0.306. The summed E-state index contributed by atoms with van der Waals surface area (Å²) in [5.41, 5.74) is 2.01. The minimum Gasteiger partial charge on any atom is -0.495 e. The molecule has 7 heteroatoms. The molecule has 1 aliphatic carbocycles. The van der Waals surface area contributed by atoms with Crippen molar-refractivity contribution >= 4 is 34.8 Å². The summed E-state index contributed by atoms with van der Waals surface area (Å²) >= 11 is 0. The lowest BCUT2D eigenvalue weighted by Gasteiger charge is -2.19. The number of carbonyl (C=O) groups is 3. The van der Waals surface area contributed by atoms with Crippen LogP contribution in [0.3, 0.4) is 0 Å². The Balaban J connectivity index is 1.37. The number of nitrogens with one attached hydrogen (secondary N) is 2. The van der Waals surface area contributed by atoms with Gasteiger partial charge in [0.05, 0.1) is 18.7 Å². The van der Waals surface area contributed by atoms with Crippen LogP contribution in [0.15, 0.2) is 48.5 Å². The normalized spacial score (nSPS) is 18.4. The summed E-state index contributed by atoms with van der Waals surface area (Å²) in [6, 6.07) is 14.3. The monoisotopic (exact) mass is 393 g/mol. The molecule has 29 heavy (non-hydrogen) atoms. The van der Waals surface area contributed by atoms with Crippen molar-refractivity contribution in [3.05, 3.63) is 48.5 Å². The lowest BCUT2D eigenvalue weighted by Crippen LogP contribution is -2.28. The zero-order chi connectivity index (χ0) is 20.4. The Hall–Kier alpha value is -3.35. The predicted molar refractivity (Wildman–Crippen MR) is 110 cm³/mol. The molecule has 1 unspecified atom stereocenters. The van der Waals surface area contributed by atoms with Crippen LogP contribution in [0.4, 0.5) is 17.1 Å². The lowest BCUT2D eigenvalue weighted by molar-refractivity contribution is -0.122. The van der Waals surface area contributed by atoms with Crippen molar-refractivity contribution in [2.24, 2.45) is 11.8 Å². The third kappa shape index (κ3) is 4.23. The van der Waals surface area contributed by atoms with E-state index in [2.05, 4.69) is 10.6 Å². The maximum Gasteiger partial charge on any atom is 0.229 e. The number of carbonyl (C=O) groups excluding carboxylic acids is 3. The average Bonchev–Trinajstić information content (AvgIpc) is 3.51. The average molecular weight is 393 g/mol. The van der Waals surface area contributed by atoms with E-state index in [1.54, 1.807) is 42.3 Å². The number of hydrogen-bond donors (Lipinski definition) is 2. The highest BCUT2D eigenvalue weighted by Gasteiger charge is 2.36. The van der Waals surface area contributed by atoms with Crippen LogP contribution in [0.5, 0.6) is 5.75 Å². The van der Waals surface area contributed by atoms with Crippen LogP contribution in [-0.4, -0.2) is 31.4 Å². The molecule has 1 saturated heterocycles. The number of anilines is 3. The molecule has 1 atom stereocenters. The van der Waals surface area contributed by atoms with Crippen LogP contribution in [-0.2, 0) is 14.4 Å². The topological polar surface area (TPSA) is 87.7 Å². The molecule has 3 amide bonds. The molecule has 1 aliphatic heterocycles. The Morgan fingerprint density at radius 1 is 0.931 bits per heavy atom. The van der Waals surface area contributed by atoms with E-state index in [0.717, 1.165) is 12.8 Å². The third-order valence-electron chi connectivity index (χ3n) is 5.24. The van der Waals surface area contributed by atoms with Gasteiger partial charge in [-0.05, 0) is 49.2 Å². The molecule has 0 radical (unpaired) electrons. The van der Waals surface area contributed by atoms with Crippen LogP contribution >= 0.6 is 0 Å². The minimum absolute atomic E-state index is 0.0442. The van der Waals surface area contributed by atoms with Gasteiger partial charge in [-0.2, -0.15) is 0 Å². The van der Waals surface area contributed by atoms with E-state index in [1.807, 2.05) is 18.2 Å². The number of rotatable bonds is 6. The van der Waals surface area contributed by atoms with Gasteiger partial charge in [0.25, 0.3) is 0 Å².